The summed E-state index contributed by atoms with van der Waals surface area (Å²) in [6, 6.07) is -1.40. The molecule has 3 fully saturated rings. The summed E-state index contributed by atoms with van der Waals surface area (Å²) >= 11 is 7.11. The minimum Gasteiger partial charge on any atom is -0.481 e. The summed E-state index contributed by atoms with van der Waals surface area (Å²) in [6.07, 6.45) is 0.0874. The lowest BCUT2D eigenvalue weighted by Crippen LogP contribution is -2.46. The number of halogens is 2. The van der Waals surface area contributed by atoms with Gasteiger partial charge in [-0.05, 0) is 24.7 Å². The number of alkyl halides is 2. The van der Waals surface area contributed by atoms with E-state index in [1.807, 2.05) is 0 Å². The molecule has 3 aliphatic rings. The zero-order valence-electron chi connectivity index (χ0n) is 11.9. The number of amides is 2. The topological polar surface area (TPSA) is 112 Å². The standard InChI is InChI=1S/C14H15Br2NO6/c15-10-4-3-5(11(10)16)9-8(4)12(20)17(13(9)21)6(14(22)23)1-2-7(18)19/h4-6,8-11H,1-3H2,(H,18,19)(H,22,23)/t4-,5+,6-,8+,9+,10+,11-/m0/s1. The summed E-state index contributed by atoms with van der Waals surface area (Å²) in [7, 11) is 0. The van der Waals surface area contributed by atoms with E-state index in [9.17, 15) is 24.3 Å². The smallest absolute Gasteiger partial charge is 0.326 e. The van der Waals surface area contributed by atoms with Crippen molar-refractivity contribution in [2.75, 3.05) is 0 Å². The van der Waals surface area contributed by atoms with Gasteiger partial charge in [-0.25, -0.2) is 4.79 Å². The molecule has 1 saturated heterocycles. The molecule has 0 spiro atoms. The van der Waals surface area contributed by atoms with Crippen LogP contribution in [0.25, 0.3) is 0 Å². The van der Waals surface area contributed by atoms with Gasteiger partial charge in [0.1, 0.15) is 6.04 Å². The molecule has 0 radical (unpaired) electrons. The molecule has 1 heterocycles. The Morgan fingerprint density at radius 1 is 1.09 bits per heavy atom. The quantitative estimate of drug-likeness (QED) is 0.476. The number of nitrogens with zero attached hydrogens (tertiary/aromatic N) is 1. The van der Waals surface area contributed by atoms with Gasteiger partial charge in [-0.1, -0.05) is 31.9 Å². The van der Waals surface area contributed by atoms with Gasteiger partial charge in [-0.3, -0.25) is 19.3 Å². The Labute approximate surface area is 148 Å². The number of fused-ring (bicyclic) bond motifs is 5. The van der Waals surface area contributed by atoms with E-state index in [4.69, 9.17) is 5.11 Å². The molecule has 2 saturated carbocycles. The van der Waals surface area contributed by atoms with Gasteiger partial charge in [-0.15, -0.1) is 0 Å². The third-order valence-corrected chi connectivity index (χ3v) is 8.46. The molecule has 7 nitrogen and oxygen atoms in total. The number of imide groups is 1. The first-order chi connectivity index (χ1) is 10.8. The van der Waals surface area contributed by atoms with E-state index >= 15 is 0 Å². The van der Waals surface area contributed by atoms with E-state index in [1.165, 1.54) is 0 Å². The van der Waals surface area contributed by atoms with Crippen molar-refractivity contribution in [3.05, 3.63) is 0 Å². The van der Waals surface area contributed by atoms with E-state index in [0.29, 0.717) is 0 Å². The molecule has 2 amide bonds. The second-order valence-corrected chi connectivity index (χ2v) is 8.45. The first-order valence-electron chi connectivity index (χ1n) is 7.35. The Balaban J connectivity index is 1.87. The molecule has 2 bridgehead atoms. The molecule has 3 rings (SSSR count). The number of carbonyl (C=O) groups excluding carboxylic acids is 2. The predicted octanol–water partition coefficient (Wildman–Crippen LogP) is 1.08. The van der Waals surface area contributed by atoms with Crippen molar-refractivity contribution in [2.24, 2.45) is 23.7 Å². The van der Waals surface area contributed by atoms with Crippen LogP contribution in [0, 0.1) is 23.7 Å². The first-order valence-corrected chi connectivity index (χ1v) is 9.18. The van der Waals surface area contributed by atoms with Crippen LogP contribution in [-0.2, 0) is 19.2 Å². The molecule has 0 aromatic rings. The highest BCUT2D eigenvalue weighted by atomic mass is 79.9. The summed E-state index contributed by atoms with van der Waals surface area (Å²) in [5.41, 5.74) is 0. The monoisotopic (exact) mass is 451 g/mol. The van der Waals surface area contributed by atoms with Crippen molar-refractivity contribution in [3.63, 3.8) is 0 Å². The van der Waals surface area contributed by atoms with E-state index in [0.717, 1.165) is 11.3 Å². The van der Waals surface area contributed by atoms with Crippen LogP contribution in [0.2, 0.25) is 0 Å². The fourth-order valence-corrected chi connectivity index (χ4v) is 6.18. The minimum absolute atomic E-state index is 0.00439. The molecular weight excluding hydrogens is 438 g/mol. The molecule has 9 heteroatoms. The predicted molar refractivity (Wildman–Crippen MR) is 84.2 cm³/mol. The number of aliphatic carboxylic acids is 2. The maximum Gasteiger partial charge on any atom is 0.326 e. The normalized spacial score (nSPS) is 39.7. The number of hydrogen-bond donors (Lipinski definition) is 2. The summed E-state index contributed by atoms with van der Waals surface area (Å²) in [6.45, 7) is 0. The van der Waals surface area contributed by atoms with Gasteiger partial charge in [0.25, 0.3) is 0 Å². The lowest BCUT2D eigenvalue weighted by atomic mass is 9.81. The van der Waals surface area contributed by atoms with Crippen molar-refractivity contribution in [1.29, 1.82) is 0 Å². The van der Waals surface area contributed by atoms with Gasteiger partial charge < -0.3 is 10.2 Å². The van der Waals surface area contributed by atoms with Gasteiger partial charge in [0.05, 0.1) is 11.8 Å². The molecule has 0 aromatic carbocycles. The van der Waals surface area contributed by atoms with E-state index in [2.05, 4.69) is 31.9 Å². The molecule has 23 heavy (non-hydrogen) atoms. The van der Waals surface area contributed by atoms with Crippen LogP contribution in [-0.4, -0.2) is 54.6 Å². The van der Waals surface area contributed by atoms with Crippen LogP contribution in [0.5, 0.6) is 0 Å². The zero-order valence-corrected chi connectivity index (χ0v) is 15.1. The largest absolute Gasteiger partial charge is 0.481 e. The summed E-state index contributed by atoms with van der Waals surface area (Å²) in [5.74, 6) is -4.39. The minimum atomic E-state index is -1.40. The average molecular weight is 453 g/mol. The molecule has 0 aromatic heterocycles. The second-order valence-electron chi connectivity index (χ2n) is 6.34. The average Bonchev–Trinajstić information content (AvgIpc) is 3.06. The Kier molecular flexibility index (Phi) is 4.29. The molecule has 1 aliphatic heterocycles. The third-order valence-electron chi connectivity index (χ3n) is 5.25. The van der Waals surface area contributed by atoms with E-state index in [1.54, 1.807) is 0 Å². The lowest BCUT2D eigenvalue weighted by molar-refractivity contribution is -0.156. The highest BCUT2D eigenvalue weighted by Crippen LogP contribution is 2.60. The van der Waals surface area contributed by atoms with Gasteiger partial charge in [0, 0.05) is 16.1 Å². The fraction of sp³-hybridized carbons (Fsp3) is 0.714. The van der Waals surface area contributed by atoms with Gasteiger partial charge in [0.15, 0.2) is 0 Å². The number of carboxylic acids is 2. The SMILES string of the molecule is O=C(O)CC[C@@H](C(=O)O)N1C(=O)[C@@H]2[C@@H]3C[C@@H]([C@H](Br)[C@@H]3Br)[C@H]2C1=O. The molecular formula is C14H15Br2NO6. The van der Waals surface area contributed by atoms with Crippen LogP contribution in [0.15, 0.2) is 0 Å². The molecule has 2 aliphatic carbocycles. The summed E-state index contributed by atoms with van der Waals surface area (Å²) in [5, 5.41) is 18.1. The zero-order chi connectivity index (χ0) is 17.0. The van der Waals surface area contributed by atoms with Gasteiger partial charge in [0.2, 0.25) is 11.8 Å². The fourth-order valence-electron chi connectivity index (χ4n) is 4.30. The number of carboxylic acid groups (broad SMARTS) is 2. The van der Waals surface area contributed by atoms with E-state index in [-0.39, 0.29) is 27.9 Å². The van der Waals surface area contributed by atoms with Gasteiger partial charge in [-0.2, -0.15) is 0 Å². The summed E-state index contributed by atoms with van der Waals surface area (Å²) in [4.78, 5) is 48.5. The Morgan fingerprint density at radius 3 is 1.96 bits per heavy atom. The maximum absolute atomic E-state index is 12.7. The highest BCUT2D eigenvalue weighted by molar-refractivity contribution is 9.12. The van der Waals surface area contributed by atoms with Crippen molar-refractivity contribution < 1.29 is 29.4 Å². The van der Waals surface area contributed by atoms with Crippen LogP contribution in [0.1, 0.15) is 19.3 Å². The van der Waals surface area contributed by atoms with Crippen LogP contribution < -0.4 is 0 Å². The molecule has 126 valence electrons. The molecule has 7 atom stereocenters. The highest BCUT2D eigenvalue weighted by Gasteiger charge is 2.67. The van der Waals surface area contributed by atoms with E-state index < -0.39 is 48.1 Å². The second kappa shape index (κ2) is 5.84. The van der Waals surface area contributed by atoms with Crippen LogP contribution in [0.3, 0.4) is 0 Å². The first kappa shape index (κ1) is 16.9. The van der Waals surface area contributed by atoms with Crippen molar-refractivity contribution in [1.82, 2.24) is 4.90 Å². The van der Waals surface area contributed by atoms with Crippen LogP contribution >= 0.6 is 31.9 Å². The Hall–Kier alpha value is -0.960. The number of likely N-dealkylation sites (tertiary alicyclic amines) is 1. The van der Waals surface area contributed by atoms with Crippen molar-refractivity contribution in [3.8, 4) is 0 Å². The maximum atomic E-state index is 12.7. The third kappa shape index (κ3) is 2.43. The Bertz CT molecular complexity index is 564. The number of hydrogen-bond acceptors (Lipinski definition) is 4. The van der Waals surface area contributed by atoms with Crippen LogP contribution in [0.4, 0.5) is 0 Å². The molecule has 2 N–H and O–H groups in total. The Morgan fingerprint density at radius 2 is 1.57 bits per heavy atom. The van der Waals surface area contributed by atoms with Crippen molar-refractivity contribution in [2.45, 2.75) is 35.0 Å². The number of rotatable bonds is 5. The summed E-state index contributed by atoms with van der Waals surface area (Å²) < 4.78 is 0. The van der Waals surface area contributed by atoms with Gasteiger partial charge >= 0.3 is 11.9 Å². The number of carbonyl (C=O) groups is 4. The van der Waals surface area contributed by atoms with Crippen molar-refractivity contribution >= 4 is 55.6 Å². The molecule has 0 unspecified atom stereocenters. The lowest BCUT2D eigenvalue weighted by Gasteiger charge is -2.28.